The minimum absolute atomic E-state index is 0.00414. The molecule has 0 aliphatic heterocycles. The van der Waals surface area contributed by atoms with Gasteiger partial charge in [-0.05, 0) is 50.1 Å². The molecule has 0 aliphatic rings. The number of amides is 1. The fourth-order valence-electron chi connectivity index (χ4n) is 2.76. The fourth-order valence-corrected chi connectivity index (χ4v) is 2.76. The summed E-state index contributed by atoms with van der Waals surface area (Å²) in [5.41, 5.74) is 0.568. The van der Waals surface area contributed by atoms with Gasteiger partial charge in [0.25, 0.3) is 0 Å². The highest BCUT2D eigenvalue weighted by Gasteiger charge is 2.19. The van der Waals surface area contributed by atoms with Gasteiger partial charge >= 0.3 is 12.1 Å². The van der Waals surface area contributed by atoms with E-state index in [9.17, 15) is 19.1 Å². The zero-order chi connectivity index (χ0) is 20.5. The second-order valence-electron chi connectivity index (χ2n) is 7.22. The molecule has 0 atom stereocenters. The highest BCUT2D eigenvalue weighted by atomic mass is 19.1. The number of carboxylic acids is 1. The van der Waals surface area contributed by atoms with Crippen LogP contribution in [0.3, 0.4) is 0 Å². The van der Waals surface area contributed by atoms with Crippen LogP contribution >= 0.6 is 0 Å². The number of rotatable bonds is 3. The smallest absolute Gasteiger partial charge is 0.413 e. The van der Waals surface area contributed by atoms with E-state index in [-0.39, 0.29) is 17.2 Å². The number of carboxylic acid groups (broad SMARTS) is 1. The molecule has 0 saturated heterocycles. The molecular formula is C21H19FN2O4. The van der Waals surface area contributed by atoms with E-state index in [2.05, 4.69) is 10.3 Å². The van der Waals surface area contributed by atoms with E-state index in [0.717, 1.165) is 0 Å². The van der Waals surface area contributed by atoms with Crippen LogP contribution in [0.4, 0.5) is 15.0 Å². The molecule has 3 rings (SSSR count). The lowest BCUT2D eigenvalue weighted by atomic mass is 9.99. The van der Waals surface area contributed by atoms with Crippen LogP contribution in [0.5, 0.6) is 0 Å². The molecule has 1 amide bonds. The number of nitrogens with one attached hydrogen (secondary N) is 1. The Kier molecular flexibility index (Phi) is 5.00. The lowest BCUT2D eigenvalue weighted by molar-refractivity contribution is 0.0634. The van der Waals surface area contributed by atoms with Gasteiger partial charge in [0, 0.05) is 17.0 Å². The van der Waals surface area contributed by atoms with Crippen molar-refractivity contribution in [2.75, 3.05) is 5.32 Å². The van der Waals surface area contributed by atoms with Gasteiger partial charge in [-0.2, -0.15) is 0 Å². The van der Waals surface area contributed by atoms with Crippen LogP contribution in [-0.2, 0) is 4.74 Å². The maximum absolute atomic E-state index is 13.6. The lowest BCUT2D eigenvalue weighted by Crippen LogP contribution is -2.27. The quantitative estimate of drug-likeness (QED) is 0.659. The molecule has 2 aromatic carbocycles. The molecule has 0 radical (unpaired) electrons. The molecule has 0 spiro atoms. The maximum atomic E-state index is 13.6. The Labute approximate surface area is 161 Å². The third-order valence-electron chi connectivity index (χ3n) is 3.90. The molecule has 0 unspecified atom stereocenters. The molecule has 3 aromatic rings. The Morgan fingerprint density at radius 1 is 1.07 bits per heavy atom. The van der Waals surface area contributed by atoms with Crippen molar-refractivity contribution in [3.05, 3.63) is 60.0 Å². The van der Waals surface area contributed by atoms with Crippen molar-refractivity contribution in [1.29, 1.82) is 0 Å². The zero-order valence-corrected chi connectivity index (χ0v) is 15.6. The SMILES string of the molecule is CC(C)(C)OC(=O)Nc1ncc(C(=O)O)c2ccc(-c3cccc(F)c3)cc12. The minimum Gasteiger partial charge on any atom is -0.478 e. The summed E-state index contributed by atoms with van der Waals surface area (Å²) in [5, 5.41) is 12.8. The van der Waals surface area contributed by atoms with Gasteiger partial charge in [0.2, 0.25) is 0 Å². The topological polar surface area (TPSA) is 88.5 Å². The van der Waals surface area contributed by atoms with Gasteiger partial charge in [0.15, 0.2) is 0 Å². The second kappa shape index (κ2) is 7.26. The van der Waals surface area contributed by atoms with Gasteiger partial charge in [-0.25, -0.2) is 19.0 Å². The van der Waals surface area contributed by atoms with Crippen LogP contribution in [0.2, 0.25) is 0 Å². The van der Waals surface area contributed by atoms with E-state index in [1.54, 1.807) is 51.1 Å². The molecule has 6 nitrogen and oxygen atoms in total. The van der Waals surface area contributed by atoms with Crippen LogP contribution in [0.15, 0.2) is 48.7 Å². The molecule has 1 heterocycles. The zero-order valence-electron chi connectivity index (χ0n) is 15.6. The number of hydrogen-bond donors (Lipinski definition) is 2. The summed E-state index contributed by atoms with van der Waals surface area (Å²) in [6.45, 7) is 5.19. The number of halogens is 1. The van der Waals surface area contributed by atoms with Gasteiger partial charge < -0.3 is 9.84 Å². The molecule has 1 aromatic heterocycles. The summed E-state index contributed by atoms with van der Waals surface area (Å²) in [6.07, 6.45) is 0.472. The number of carbonyl (C=O) groups excluding carboxylic acids is 1. The first-order chi connectivity index (χ1) is 13.1. The van der Waals surface area contributed by atoms with E-state index in [1.807, 2.05) is 0 Å². The number of carbonyl (C=O) groups is 2. The van der Waals surface area contributed by atoms with Crippen molar-refractivity contribution in [2.45, 2.75) is 26.4 Å². The van der Waals surface area contributed by atoms with E-state index in [4.69, 9.17) is 4.74 Å². The first-order valence-electron chi connectivity index (χ1n) is 8.56. The van der Waals surface area contributed by atoms with Gasteiger partial charge in [0.1, 0.15) is 17.2 Å². The number of fused-ring (bicyclic) bond motifs is 1. The molecule has 2 N–H and O–H groups in total. The fraction of sp³-hybridized carbons (Fsp3) is 0.190. The Balaban J connectivity index is 2.12. The molecule has 144 valence electrons. The lowest BCUT2D eigenvalue weighted by Gasteiger charge is -2.20. The predicted molar refractivity (Wildman–Crippen MR) is 104 cm³/mol. The predicted octanol–water partition coefficient (Wildman–Crippen LogP) is 5.09. The highest BCUT2D eigenvalue weighted by Crippen LogP contribution is 2.30. The van der Waals surface area contributed by atoms with Gasteiger partial charge in [0.05, 0.1) is 5.56 Å². The Morgan fingerprint density at radius 3 is 2.43 bits per heavy atom. The van der Waals surface area contributed by atoms with E-state index < -0.39 is 17.7 Å². The van der Waals surface area contributed by atoms with Crippen molar-refractivity contribution in [3.8, 4) is 11.1 Å². The van der Waals surface area contributed by atoms with Crippen molar-refractivity contribution in [2.24, 2.45) is 0 Å². The van der Waals surface area contributed by atoms with Crippen molar-refractivity contribution in [3.63, 3.8) is 0 Å². The number of ether oxygens (including phenoxy) is 1. The summed E-state index contributed by atoms with van der Waals surface area (Å²) in [6, 6.07) is 11.0. The summed E-state index contributed by atoms with van der Waals surface area (Å²) in [7, 11) is 0. The van der Waals surface area contributed by atoms with E-state index in [1.165, 1.54) is 18.3 Å². The molecule has 7 heteroatoms. The second-order valence-corrected chi connectivity index (χ2v) is 7.22. The monoisotopic (exact) mass is 382 g/mol. The number of aromatic carboxylic acids is 1. The number of aromatic nitrogens is 1. The van der Waals surface area contributed by atoms with Crippen molar-refractivity contribution in [1.82, 2.24) is 4.98 Å². The summed E-state index contributed by atoms with van der Waals surface area (Å²) < 4.78 is 18.8. The van der Waals surface area contributed by atoms with E-state index >= 15 is 0 Å². The normalized spacial score (nSPS) is 11.3. The number of nitrogens with zero attached hydrogens (tertiary/aromatic N) is 1. The number of anilines is 1. The average Bonchev–Trinajstić information content (AvgIpc) is 2.59. The molecule has 0 saturated carbocycles. The standard InChI is InChI=1S/C21H19FN2O4/c1-21(2,3)28-20(27)24-18-16-10-13(12-5-4-6-14(22)9-12)7-8-15(16)17(11-23-18)19(25)26/h4-11H,1-3H3,(H,25,26)(H,23,24,27). The Hall–Kier alpha value is -3.48. The highest BCUT2D eigenvalue weighted by molar-refractivity contribution is 6.09. The van der Waals surface area contributed by atoms with Gasteiger partial charge in [-0.3, -0.25) is 5.32 Å². The average molecular weight is 382 g/mol. The van der Waals surface area contributed by atoms with Crippen molar-refractivity contribution >= 4 is 28.7 Å². The summed E-state index contributed by atoms with van der Waals surface area (Å²) in [4.78, 5) is 27.8. The molecular weight excluding hydrogens is 363 g/mol. The largest absolute Gasteiger partial charge is 0.478 e. The Morgan fingerprint density at radius 2 is 1.79 bits per heavy atom. The number of pyridine rings is 1. The van der Waals surface area contributed by atoms with Crippen LogP contribution in [0, 0.1) is 5.82 Å². The maximum Gasteiger partial charge on any atom is 0.413 e. The first kappa shape index (κ1) is 19.3. The van der Waals surface area contributed by atoms with Gasteiger partial charge in [-0.1, -0.05) is 24.3 Å². The van der Waals surface area contributed by atoms with Crippen molar-refractivity contribution < 1.29 is 23.8 Å². The summed E-state index contributed by atoms with van der Waals surface area (Å²) >= 11 is 0. The van der Waals surface area contributed by atoms with E-state index in [0.29, 0.717) is 21.9 Å². The molecule has 0 aliphatic carbocycles. The van der Waals surface area contributed by atoms with Crippen LogP contribution in [0.1, 0.15) is 31.1 Å². The number of benzene rings is 2. The van der Waals surface area contributed by atoms with Crippen LogP contribution in [-0.4, -0.2) is 27.8 Å². The third kappa shape index (κ3) is 4.25. The third-order valence-corrected chi connectivity index (χ3v) is 3.90. The minimum atomic E-state index is -1.14. The number of hydrogen-bond acceptors (Lipinski definition) is 4. The Bertz CT molecular complexity index is 1070. The molecule has 28 heavy (non-hydrogen) atoms. The van der Waals surface area contributed by atoms with Crippen LogP contribution in [0.25, 0.3) is 21.9 Å². The van der Waals surface area contributed by atoms with Crippen LogP contribution < -0.4 is 5.32 Å². The summed E-state index contributed by atoms with van der Waals surface area (Å²) in [5.74, 6) is -1.37. The molecule has 0 fully saturated rings. The first-order valence-corrected chi connectivity index (χ1v) is 8.56. The molecule has 0 bridgehead atoms. The van der Waals surface area contributed by atoms with Gasteiger partial charge in [-0.15, -0.1) is 0 Å².